The van der Waals surface area contributed by atoms with Gasteiger partial charge >= 0.3 is 11.8 Å². The summed E-state index contributed by atoms with van der Waals surface area (Å²) >= 11 is 9.41. The summed E-state index contributed by atoms with van der Waals surface area (Å²) < 4.78 is 6.34. The first kappa shape index (κ1) is 25.9. The van der Waals surface area contributed by atoms with E-state index in [9.17, 15) is 14.4 Å². The second kappa shape index (κ2) is 12.7. The molecule has 0 aliphatic heterocycles. The molecule has 3 aromatic rings. The van der Waals surface area contributed by atoms with Crippen LogP contribution in [0.5, 0.6) is 5.75 Å². The average molecular weight is 558 g/mol. The largest absolute Gasteiger partial charge is 0.483 e. The Morgan fingerprint density at radius 3 is 2.51 bits per heavy atom. The lowest BCUT2D eigenvalue weighted by Crippen LogP contribution is -2.37. The molecule has 0 saturated heterocycles. The molecular formula is C25H22BrClN4O4. The minimum atomic E-state index is -0.912. The molecule has 0 radical (unpaired) electrons. The molecule has 3 rings (SSSR count). The number of ether oxygens (including phenoxy) is 1. The number of hydrazone groups is 1. The highest BCUT2D eigenvalue weighted by Gasteiger charge is 2.13. The normalized spacial score (nSPS) is 10.6. The number of hydrogen-bond acceptors (Lipinski definition) is 5. The van der Waals surface area contributed by atoms with Crippen molar-refractivity contribution in [2.45, 2.75) is 13.5 Å². The number of nitrogens with one attached hydrogen (secondary N) is 3. The summed E-state index contributed by atoms with van der Waals surface area (Å²) in [6.45, 7) is 1.91. The minimum absolute atomic E-state index is 0.218. The second-order valence-corrected chi connectivity index (χ2v) is 8.69. The van der Waals surface area contributed by atoms with E-state index < -0.39 is 17.7 Å². The first-order valence-electron chi connectivity index (χ1n) is 10.5. The molecule has 8 nitrogen and oxygen atoms in total. The summed E-state index contributed by atoms with van der Waals surface area (Å²) in [4.78, 5) is 36.3. The van der Waals surface area contributed by atoms with Crippen molar-refractivity contribution >= 4 is 57.2 Å². The van der Waals surface area contributed by atoms with Gasteiger partial charge in [0.15, 0.2) is 6.61 Å². The van der Waals surface area contributed by atoms with Crippen LogP contribution in [0.15, 0.2) is 76.3 Å². The quantitative estimate of drug-likeness (QED) is 0.219. The lowest BCUT2D eigenvalue weighted by Gasteiger charge is -2.11. The van der Waals surface area contributed by atoms with Gasteiger partial charge in [-0.25, -0.2) is 5.43 Å². The summed E-state index contributed by atoms with van der Waals surface area (Å²) in [6.07, 6.45) is 1.32. The third-order valence-electron chi connectivity index (χ3n) is 4.63. The first-order valence-corrected chi connectivity index (χ1v) is 11.6. The van der Waals surface area contributed by atoms with Crippen LogP contribution in [0.3, 0.4) is 0 Å². The smallest absolute Gasteiger partial charge is 0.329 e. The predicted octanol–water partition coefficient (Wildman–Crippen LogP) is 4.19. The zero-order valence-electron chi connectivity index (χ0n) is 18.7. The standard InChI is InChI=1S/C25H22BrClN4O4/c1-16-6-8-17(9-7-16)13-28-24(33)25(34)31-29-14-18-12-19(26)10-11-22(18)35-15-23(32)30-21-5-3-2-4-20(21)27/h2-12,14H,13,15H2,1H3,(H,28,33)(H,30,32)(H,31,34)/b29-14-. The van der Waals surface area contributed by atoms with Crippen LogP contribution >= 0.6 is 27.5 Å². The summed E-state index contributed by atoms with van der Waals surface area (Å²) in [5, 5.41) is 9.45. The molecule has 0 heterocycles. The van der Waals surface area contributed by atoms with Gasteiger partial charge in [-0.05, 0) is 42.8 Å². The number of halogens is 2. The molecule has 0 saturated carbocycles. The van der Waals surface area contributed by atoms with E-state index in [1.54, 1.807) is 42.5 Å². The molecule has 0 aliphatic carbocycles. The zero-order valence-corrected chi connectivity index (χ0v) is 21.0. The third-order valence-corrected chi connectivity index (χ3v) is 5.45. The molecule has 0 fully saturated rings. The van der Waals surface area contributed by atoms with Gasteiger partial charge in [0.05, 0.1) is 16.9 Å². The zero-order chi connectivity index (χ0) is 25.2. The van der Waals surface area contributed by atoms with E-state index in [-0.39, 0.29) is 13.2 Å². The first-order chi connectivity index (χ1) is 16.8. The average Bonchev–Trinajstić information content (AvgIpc) is 2.84. The number of hydrogen-bond donors (Lipinski definition) is 3. The molecule has 0 spiro atoms. The molecule has 0 bridgehead atoms. The number of nitrogens with zero attached hydrogens (tertiary/aromatic N) is 1. The number of aryl methyl sites for hydroxylation is 1. The number of carbonyl (C=O) groups excluding carboxylic acids is 3. The van der Waals surface area contributed by atoms with Gasteiger partial charge in [0.1, 0.15) is 5.75 Å². The highest BCUT2D eigenvalue weighted by atomic mass is 79.9. The fourth-order valence-corrected chi connectivity index (χ4v) is 3.39. The van der Waals surface area contributed by atoms with Gasteiger partial charge in [-0.15, -0.1) is 0 Å². The van der Waals surface area contributed by atoms with Crippen molar-refractivity contribution in [3.05, 3.63) is 92.9 Å². The highest BCUT2D eigenvalue weighted by Crippen LogP contribution is 2.23. The van der Waals surface area contributed by atoms with Crippen molar-refractivity contribution in [1.82, 2.24) is 10.7 Å². The van der Waals surface area contributed by atoms with E-state index in [1.165, 1.54) is 6.21 Å². The van der Waals surface area contributed by atoms with Crippen LogP contribution < -0.4 is 20.8 Å². The lowest BCUT2D eigenvalue weighted by atomic mass is 10.1. The van der Waals surface area contributed by atoms with E-state index in [1.807, 2.05) is 31.2 Å². The molecule has 35 heavy (non-hydrogen) atoms. The molecule has 0 unspecified atom stereocenters. The molecule has 3 N–H and O–H groups in total. The van der Waals surface area contributed by atoms with Gasteiger partial charge in [0.2, 0.25) is 0 Å². The molecule has 0 aliphatic rings. The molecule has 0 aromatic heterocycles. The maximum absolute atomic E-state index is 12.2. The van der Waals surface area contributed by atoms with E-state index in [0.29, 0.717) is 22.0 Å². The van der Waals surface area contributed by atoms with Gasteiger partial charge in [-0.1, -0.05) is 69.5 Å². The maximum Gasteiger partial charge on any atom is 0.329 e. The van der Waals surface area contributed by atoms with Crippen LogP contribution in [0.25, 0.3) is 0 Å². The van der Waals surface area contributed by atoms with E-state index in [4.69, 9.17) is 16.3 Å². The number of carbonyl (C=O) groups is 3. The second-order valence-electron chi connectivity index (χ2n) is 7.37. The lowest BCUT2D eigenvalue weighted by molar-refractivity contribution is -0.139. The van der Waals surface area contributed by atoms with Crippen molar-refractivity contribution in [1.29, 1.82) is 0 Å². The number of anilines is 1. The van der Waals surface area contributed by atoms with Gasteiger partial charge in [0.25, 0.3) is 5.91 Å². The van der Waals surface area contributed by atoms with Gasteiger partial charge in [0, 0.05) is 16.6 Å². The Kier molecular flexibility index (Phi) is 9.39. The number of para-hydroxylation sites is 1. The Bertz CT molecular complexity index is 1250. The van der Waals surface area contributed by atoms with Crippen LogP contribution in [0.4, 0.5) is 5.69 Å². The van der Waals surface area contributed by atoms with Crippen LogP contribution in [-0.2, 0) is 20.9 Å². The van der Waals surface area contributed by atoms with Crippen molar-refractivity contribution in [3.63, 3.8) is 0 Å². The van der Waals surface area contributed by atoms with Crippen LogP contribution in [0.1, 0.15) is 16.7 Å². The monoisotopic (exact) mass is 556 g/mol. The summed E-state index contributed by atoms with van der Waals surface area (Å²) in [6, 6.07) is 19.5. The Labute approximate surface area is 215 Å². The van der Waals surface area contributed by atoms with Crippen LogP contribution in [-0.4, -0.2) is 30.5 Å². The summed E-state index contributed by atoms with van der Waals surface area (Å²) in [5.41, 5.74) is 5.10. The van der Waals surface area contributed by atoms with E-state index in [0.717, 1.165) is 15.6 Å². The van der Waals surface area contributed by atoms with Crippen LogP contribution in [0, 0.1) is 6.92 Å². The topological polar surface area (TPSA) is 109 Å². The van der Waals surface area contributed by atoms with Gasteiger partial charge in [-0.3, -0.25) is 14.4 Å². The molecule has 10 heteroatoms. The molecule has 180 valence electrons. The SMILES string of the molecule is Cc1ccc(CNC(=O)C(=O)N/N=C\c2cc(Br)ccc2OCC(=O)Nc2ccccc2Cl)cc1. The van der Waals surface area contributed by atoms with E-state index in [2.05, 4.69) is 37.1 Å². The third kappa shape index (κ3) is 8.24. The fourth-order valence-electron chi connectivity index (χ4n) is 2.82. The van der Waals surface area contributed by atoms with E-state index >= 15 is 0 Å². The highest BCUT2D eigenvalue weighted by molar-refractivity contribution is 9.10. The number of amides is 3. The van der Waals surface area contributed by atoms with Gasteiger partial charge in [-0.2, -0.15) is 5.10 Å². The van der Waals surface area contributed by atoms with Gasteiger partial charge < -0.3 is 15.4 Å². The Morgan fingerprint density at radius 1 is 1.03 bits per heavy atom. The fraction of sp³-hybridized carbons (Fsp3) is 0.120. The predicted molar refractivity (Wildman–Crippen MR) is 138 cm³/mol. The maximum atomic E-state index is 12.2. The number of benzene rings is 3. The van der Waals surface area contributed by atoms with Crippen molar-refractivity contribution in [2.75, 3.05) is 11.9 Å². The molecule has 0 atom stereocenters. The van der Waals surface area contributed by atoms with Crippen molar-refractivity contribution in [3.8, 4) is 5.75 Å². The van der Waals surface area contributed by atoms with Crippen molar-refractivity contribution < 1.29 is 19.1 Å². The Hall–Kier alpha value is -3.69. The number of rotatable bonds is 8. The summed E-state index contributed by atoms with van der Waals surface area (Å²) in [7, 11) is 0. The Balaban J connectivity index is 1.53. The summed E-state index contributed by atoms with van der Waals surface area (Å²) in [5.74, 6) is -1.78. The van der Waals surface area contributed by atoms with Crippen LogP contribution in [0.2, 0.25) is 5.02 Å². The molecule has 3 amide bonds. The Morgan fingerprint density at radius 2 is 1.77 bits per heavy atom. The minimum Gasteiger partial charge on any atom is -0.483 e. The molecular weight excluding hydrogens is 536 g/mol. The van der Waals surface area contributed by atoms with Crippen molar-refractivity contribution in [2.24, 2.45) is 5.10 Å². The molecule has 3 aromatic carbocycles.